The van der Waals surface area contributed by atoms with Crippen LogP contribution in [-0.4, -0.2) is 52.7 Å². The highest BCUT2D eigenvalue weighted by Crippen LogP contribution is 2.77. The molecule has 7 heteroatoms. The Morgan fingerprint density at radius 1 is 0.915 bits per heavy atom. The number of esters is 1. The molecule has 5 rings (SSSR count). The third kappa shape index (κ3) is 5.47. The van der Waals surface area contributed by atoms with E-state index in [1.807, 2.05) is 0 Å². The molecule has 3 N–H and O–H groups in total. The lowest BCUT2D eigenvalue weighted by Gasteiger charge is -2.72. The molecule has 0 aromatic carbocycles. The number of aliphatic carboxylic acids is 1. The van der Waals surface area contributed by atoms with Crippen molar-refractivity contribution in [1.82, 2.24) is 5.32 Å². The number of carboxylic acid groups (broad SMARTS) is 1. The van der Waals surface area contributed by atoms with E-state index in [1.165, 1.54) is 5.57 Å². The second kappa shape index (κ2) is 12.0. The van der Waals surface area contributed by atoms with E-state index >= 15 is 0 Å². The number of hydrogen-bond acceptors (Lipinski definition) is 6. The quantitative estimate of drug-likeness (QED) is 0.218. The maximum absolute atomic E-state index is 13.8. The van der Waals surface area contributed by atoms with Crippen molar-refractivity contribution in [3.63, 3.8) is 0 Å². The molecule has 0 saturated heterocycles. The highest BCUT2D eigenvalue weighted by Gasteiger charge is 2.70. The first-order valence-corrected chi connectivity index (χ1v) is 18.7. The summed E-state index contributed by atoms with van der Waals surface area (Å²) < 4.78 is 6.14. The first-order valence-electron chi connectivity index (χ1n) is 18.7. The molecular weight excluding hydrogens is 590 g/mol. The van der Waals surface area contributed by atoms with Gasteiger partial charge in [-0.3, -0.25) is 14.4 Å². The van der Waals surface area contributed by atoms with Gasteiger partial charge in [-0.1, -0.05) is 67.9 Å². The summed E-state index contributed by atoms with van der Waals surface area (Å²) in [7, 11) is 0. The van der Waals surface area contributed by atoms with E-state index in [0.29, 0.717) is 24.8 Å². The molecule has 0 aliphatic heterocycles. The molecule has 0 aromatic heterocycles. The van der Waals surface area contributed by atoms with Gasteiger partial charge in [0.2, 0.25) is 0 Å². The Kier molecular flexibility index (Phi) is 9.30. The van der Waals surface area contributed by atoms with Crippen LogP contribution in [0.15, 0.2) is 11.1 Å². The summed E-state index contributed by atoms with van der Waals surface area (Å²) in [6.07, 6.45) is 7.50. The zero-order valence-electron chi connectivity index (χ0n) is 31.3. The first-order chi connectivity index (χ1) is 21.6. The number of allylic oxidation sites excluding steroid dienone is 1. The minimum absolute atomic E-state index is 0.0224. The lowest BCUT2D eigenvalue weighted by molar-refractivity contribution is -0.235. The van der Waals surface area contributed by atoms with Crippen LogP contribution in [-0.2, 0) is 19.1 Å². The van der Waals surface area contributed by atoms with E-state index in [2.05, 4.69) is 67.6 Å². The number of ether oxygens (including phenoxy) is 1. The number of aliphatic hydroxyl groups excluding tert-OH is 1. The second-order valence-electron chi connectivity index (χ2n) is 19.1. The Balaban J connectivity index is 1.45. The molecule has 0 radical (unpaired) electrons. The minimum atomic E-state index is -1.15. The molecule has 7 nitrogen and oxygen atoms in total. The summed E-state index contributed by atoms with van der Waals surface area (Å²) in [4.78, 5) is 38.6. The van der Waals surface area contributed by atoms with E-state index in [-0.39, 0.29) is 57.8 Å². The van der Waals surface area contributed by atoms with Gasteiger partial charge in [0.05, 0.1) is 17.9 Å². The molecule has 0 bridgehead atoms. The van der Waals surface area contributed by atoms with Crippen LogP contribution < -0.4 is 5.32 Å². The molecule has 266 valence electrons. The Morgan fingerprint density at radius 2 is 1.57 bits per heavy atom. The van der Waals surface area contributed by atoms with Crippen molar-refractivity contribution in [3.05, 3.63) is 11.1 Å². The van der Waals surface area contributed by atoms with Crippen molar-refractivity contribution >= 4 is 17.7 Å². The van der Waals surface area contributed by atoms with Crippen LogP contribution in [0.4, 0.5) is 0 Å². The van der Waals surface area contributed by atoms with Crippen molar-refractivity contribution in [2.45, 2.75) is 159 Å². The zero-order chi connectivity index (χ0) is 35.1. The topological polar surface area (TPSA) is 113 Å². The molecule has 0 heterocycles. The minimum Gasteiger partial charge on any atom is -0.481 e. The van der Waals surface area contributed by atoms with Gasteiger partial charge >= 0.3 is 11.9 Å². The molecule has 5 aliphatic rings. The third-order valence-electron chi connectivity index (χ3n) is 15.2. The maximum atomic E-state index is 13.8. The lowest BCUT2D eigenvalue weighted by Crippen LogP contribution is -2.66. The van der Waals surface area contributed by atoms with Gasteiger partial charge < -0.3 is 20.3 Å². The molecule has 0 amide bonds. The van der Waals surface area contributed by atoms with Gasteiger partial charge in [0, 0.05) is 29.8 Å². The lowest BCUT2D eigenvalue weighted by atomic mass is 9.33. The van der Waals surface area contributed by atoms with E-state index in [4.69, 9.17) is 4.74 Å². The smallest absolute Gasteiger partial charge is 0.309 e. The number of carbonyl (C=O) groups is 3. The van der Waals surface area contributed by atoms with Gasteiger partial charge in [-0.15, -0.1) is 0 Å². The van der Waals surface area contributed by atoms with Crippen molar-refractivity contribution in [2.24, 2.45) is 56.2 Å². The Hall–Kier alpha value is -1.73. The largest absolute Gasteiger partial charge is 0.481 e. The average Bonchev–Trinajstić information content (AvgIpc) is 3.26. The number of carboxylic acids is 1. The summed E-state index contributed by atoms with van der Waals surface area (Å²) in [5.74, 6) is 0.190. The molecule has 9 atom stereocenters. The molecule has 1 unspecified atom stereocenters. The van der Waals surface area contributed by atoms with Gasteiger partial charge in [0.1, 0.15) is 6.10 Å². The molecule has 0 aromatic rings. The molecule has 47 heavy (non-hydrogen) atoms. The summed E-state index contributed by atoms with van der Waals surface area (Å²) in [6.45, 7) is 24.4. The van der Waals surface area contributed by atoms with Crippen molar-refractivity contribution in [2.75, 3.05) is 6.54 Å². The van der Waals surface area contributed by atoms with Crippen LogP contribution in [0.3, 0.4) is 0 Å². The fourth-order valence-corrected chi connectivity index (χ4v) is 12.5. The monoisotopic (exact) mass is 655 g/mol. The number of hydrogen-bond donors (Lipinski definition) is 3. The number of Topliss-reactive ketones (excluding diaryl/α,β-unsaturated/α-hetero) is 1. The van der Waals surface area contributed by atoms with Gasteiger partial charge in [0.15, 0.2) is 5.78 Å². The van der Waals surface area contributed by atoms with Gasteiger partial charge in [-0.05, 0) is 111 Å². The summed E-state index contributed by atoms with van der Waals surface area (Å²) in [5.41, 5.74) is 0.677. The first kappa shape index (κ1) is 36.5. The van der Waals surface area contributed by atoms with Crippen molar-refractivity contribution in [1.29, 1.82) is 0 Å². The number of carbonyl (C=O) groups excluding carboxylic acids is 2. The van der Waals surface area contributed by atoms with E-state index in [9.17, 15) is 24.6 Å². The molecular formula is C40H65NO6. The van der Waals surface area contributed by atoms with Crippen LogP contribution in [0.5, 0.6) is 0 Å². The van der Waals surface area contributed by atoms with Crippen LogP contribution in [0.25, 0.3) is 0 Å². The van der Waals surface area contributed by atoms with Gasteiger partial charge in [0.25, 0.3) is 0 Å². The van der Waals surface area contributed by atoms with E-state index in [0.717, 1.165) is 56.9 Å². The molecule has 0 spiro atoms. The normalized spacial score (nSPS) is 40.4. The Morgan fingerprint density at radius 3 is 2.17 bits per heavy atom. The standard InChI is InChI=1S/C40H65NO6/c1-23(2)32-26(42)20-40(29(43)22-41-24(3)4)19-18-38(10)25(33(32)40)12-13-28-37(9)16-15-30(47-31(44)21-35(5,6)34(45)46)36(7,8)27(37)14-17-39(28,38)11/h23-25,27-30,41,43H,12-22H2,1-11H3,(H,45,46)/t25-,27?,28-,29+,30+,37+,38-,39-,40+/m1/s1. The highest BCUT2D eigenvalue weighted by molar-refractivity contribution is 6.00. The molecule has 4 fully saturated rings. The summed E-state index contributed by atoms with van der Waals surface area (Å²) >= 11 is 0. The van der Waals surface area contributed by atoms with Crippen molar-refractivity contribution in [3.8, 4) is 0 Å². The van der Waals surface area contributed by atoms with E-state index < -0.39 is 28.9 Å². The van der Waals surface area contributed by atoms with Gasteiger partial charge in [-0.2, -0.15) is 0 Å². The molecule has 4 saturated carbocycles. The van der Waals surface area contributed by atoms with Crippen LogP contribution in [0.2, 0.25) is 0 Å². The fraction of sp³-hybridized carbons (Fsp3) is 0.875. The van der Waals surface area contributed by atoms with Crippen LogP contribution >= 0.6 is 0 Å². The SMILES string of the molecule is CC(C)NC[C@H](O)[C@@]12CC[C@]3(C)[C@H](CC[C@@H]4[C@@]5(C)CC[C@H](OC(=O)CC(C)(C)C(=O)O)C(C)(C)C5CC[C@]43C)C1=C(C(C)C)C(=O)C2. The average molecular weight is 656 g/mol. The maximum Gasteiger partial charge on any atom is 0.309 e. The predicted molar refractivity (Wildman–Crippen MR) is 184 cm³/mol. The molecule has 5 aliphatic carbocycles. The highest BCUT2D eigenvalue weighted by atomic mass is 16.5. The second-order valence-corrected chi connectivity index (χ2v) is 19.1. The summed E-state index contributed by atoms with van der Waals surface area (Å²) in [6, 6.07) is 0.272. The van der Waals surface area contributed by atoms with Crippen LogP contribution in [0.1, 0.15) is 140 Å². The van der Waals surface area contributed by atoms with E-state index in [1.54, 1.807) is 13.8 Å². The van der Waals surface area contributed by atoms with Gasteiger partial charge in [-0.25, -0.2) is 0 Å². The van der Waals surface area contributed by atoms with Crippen LogP contribution in [0, 0.1) is 56.2 Å². The third-order valence-corrected chi connectivity index (χ3v) is 15.2. The zero-order valence-corrected chi connectivity index (χ0v) is 31.3. The number of aliphatic hydroxyl groups is 1. The predicted octanol–water partition coefficient (Wildman–Crippen LogP) is 7.74. The number of ketones is 1. The Labute approximate surface area is 284 Å². The number of rotatable bonds is 9. The fourth-order valence-electron chi connectivity index (χ4n) is 12.5. The summed E-state index contributed by atoms with van der Waals surface area (Å²) in [5, 5.41) is 24.9. The van der Waals surface area contributed by atoms with Crippen molar-refractivity contribution < 1.29 is 29.3 Å². The Bertz CT molecular complexity index is 1310. The number of fused-ring (bicyclic) bond motifs is 7. The number of nitrogens with one attached hydrogen (secondary N) is 1.